The highest BCUT2D eigenvalue weighted by molar-refractivity contribution is 5.17. The summed E-state index contributed by atoms with van der Waals surface area (Å²) in [6, 6.07) is 10.3. The maximum Gasteiger partial charge on any atom is 0.102 e. The Labute approximate surface area is 135 Å². The van der Waals surface area contributed by atoms with Crippen LogP contribution in [0.25, 0.3) is 0 Å². The van der Waals surface area contributed by atoms with Crippen LogP contribution in [0.3, 0.4) is 0 Å². The zero-order valence-corrected chi connectivity index (χ0v) is 14.7. The van der Waals surface area contributed by atoms with Crippen LogP contribution >= 0.6 is 0 Å². The third-order valence-corrected chi connectivity index (χ3v) is 5.18. The summed E-state index contributed by atoms with van der Waals surface area (Å²) >= 11 is 0. The van der Waals surface area contributed by atoms with Gasteiger partial charge in [-0.2, -0.15) is 5.06 Å². The number of piperidine rings is 1. The molecule has 0 amide bonds. The van der Waals surface area contributed by atoms with Gasteiger partial charge in [0.25, 0.3) is 0 Å². The highest BCUT2D eigenvalue weighted by Crippen LogP contribution is 2.44. The summed E-state index contributed by atoms with van der Waals surface area (Å²) in [5, 5.41) is 12.5. The highest BCUT2D eigenvalue weighted by Gasteiger charge is 2.50. The molecule has 1 N–H and O–H groups in total. The van der Waals surface area contributed by atoms with Crippen molar-refractivity contribution in [2.45, 2.75) is 83.6 Å². The fourth-order valence-corrected chi connectivity index (χ4v) is 3.92. The summed E-state index contributed by atoms with van der Waals surface area (Å²) in [4.78, 5) is 6.46. The number of hydroxylamine groups is 2. The second-order valence-corrected chi connectivity index (χ2v) is 7.26. The molecule has 1 aliphatic rings. The maximum absolute atomic E-state index is 10.3. The van der Waals surface area contributed by atoms with Crippen LogP contribution < -0.4 is 0 Å². The van der Waals surface area contributed by atoms with Crippen molar-refractivity contribution in [2.24, 2.45) is 0 Å². The van der Waals surface area contributed by atoms with Gasteiger partial charge in [0.15, 0.2) is 0 Å². The molecule has 0 spiro atoms. The van der Waals surface area contributed by atoms with Gasteiger partial charge in [-0.3, -0.25) is 4.84 Å². The lowest BCUT2D eigenvalue weighted by Gasteiger charge is -2.56. The van der Waals surface area contributed by atoms with Crippen LogP contribution in [0, 0.1) is 0 Å². The number of hydrogen-bond acceptors (Lipinski definition) is 3. The molecule has 2 atom stereocenters. The van der Waals surface area contributed by atoms with E-state index in [9.17, 15) is 5.11 Å². The van der Waals surface area contributed by atoms with Crippen LogP contribution in [0.2, 0.25) is 0 Å². The molecule has 0 radical (unpaired) electrons. The van der Waals surface area contributed by atoms with Crippen molar-refractivity contribution in [3.63, 3.8) is 0 Å². The SMILES string of the molecule is CCC1(CC)CC(O)CC(C)(C)N1OC(C)c1ccccc1. The number of benzene rings is 1. The summed E-state index contributed by atoms with van der Waals surface area (Å²) in [7, 11) is 0. The predicted octanol–water partition coefficient (Wildman–Crippen LogP) is 4.47. The number of rotatable bonds is 5. The third-order valence-electron chi connectivity index (χ3n) is 5.18. The molecule has 2 rings (SSSR count). The molecule has 1 saturated heterocycles. The van der Waals surface area contributed by atoms with Gasteiger partial charge in [-0.05, 0) is 52.0 Å². The Balaban J connectivity index is 2.27. The Morgan fingerprint density at radius 1 is 1.18 bits per heavy atom. The lowest BCUT2D eigenvalue weighted by Crippen LogP contribution is -2.63. The normalized spacial score (nSPS) is 25.8. The maximum atomic E-state index is 10.3. The summed E-state index contributed by atoms with van der Waals surface area (Å²) in [6.07, 6.45) is 3.24. The molecule has 0 bridgehead atoms. The average Bonchev–Trinajstić information content (AvgIpc) is 2.50. The Bertz CT molecular complexity index is 468. The largest absolute Gasteiger partial charge is 0.393 e. The van der Waals surface area contributed by atoms with Crippen molar-refractivity contribution in [2.75, 3.05) is 0 Å². The van der Waals surface area contributed by atoms with Gasteiger partial charge in [-0.15, -0.1) is 0 Å². The Morgan fingerprint density at radius 2 is 1.77 bits per heavy atom. The van der Waals surface area contributed by atoms with E-state index in [4.69, 9.17) is 4.84 Å². The fraction of sp³-hybridized carbons (Fsp3) is 0.684. The highest BCUT2D eigenvalue weighted by atomic mass is 16.7. The smallest absolute Gasteiger partial charge is 0.102 e. The molecule has 124 valence electrons. The average molecular weight is 305 g/mol. The molecular formula is C19H31NO2. The lowest BCUT2D eigenvalue weighted by atomic mass is 9.75. The van der Waals surface area contributed by atoms with Crippen molar-refractivity contribution < 1.29 is 9.94 Å². The van der Waals surface area contributed by atoms with Gasteiger partial charge < -0.3 is 5.11 Å². The van der Waals surface area contributed by atoms with Gasteiger partial charge in [0.2, 0.25) is 0 Å². The Morgan fingerprint density at radius 3 is 2.32 bits per heavy atom. The molecule has 0 aromatic heterocycles. The molecular weight excluding hydrogens is 274 g/mol. The summed E-state index contributed by atoms with van der Waals surface area (Å²) in [5.74, 6) is 0. The van der Waals surface area contributed by atoms with E-state index in [2.05, 4.69) is 51.8 Å². The van der Waals surface area contributed by atoms with E-state index in [1.807, 2.05) is 18.2 Å². The molecule has 1 aliphatic heterocycles. The Hall–Kier alpha value is -0.900. The van der Waals surface area contributed by atoms with Gasteiger partial charge in [0.05, 0.1) is 6.10 Å². The van der Waals surface area contributed by atoms with Crippen LogP contribution in [0.1, 0.15) is 72.0 Å². The minimum absolute atomic E-state index is 0.00759. The first-order valence-corrected chi connectivity index (χ1v) is 8.55. The van der Waals surface area contributed by atoms with Crippen molar-refractivity contribution in [1.29, 1.82) is 0 Å². The van der Waals surface area contributed by atoms with Gasteiger partial charge in [0.1, 0.15) is 6.10 Å². The van der Waals surface area contributed by atoms with Gasteiger partial charge in [-0.1, -0.05) is 44.2 Å². The van der Waals surface area contributed by atoms with Gasteiger partial charge in [-0.25, -0.2) is 0 Å². The zero-order valence-electron chi connectivity index (χ0n) is 14.7. The number of nitrogens with zero attached hydrogens (tertiary/aromatic N) is 1. The van der Waals surface area contributed by atoms with E-state index in [1.165, 1.54) is 5.56 Å². The molecule has 1 fully saturated rings. The third kappa shape index (κ3) is 3.37. The quantitative estimate of drug-likeness (QED) is 0.871. The second-order valence-electron chi connectivity index (χ2n) is 7.26. The first-order valence-electron chi connectivity index (χ1n) is 8.55. The second kappa shape index (κ2) is 6.69. The molecule has 1 aromatic rings. The van der Waals surface area contributed by atoms with E-state index in [0.717, 1.165) is 25.7 Å². The van der Waals surface area contributed by atoms with E-state index < -0.39 is 0 Å². The predicted molar refractivity (Wildman–Crippen MR) is 90.4 cm³/mol. The minimum atomic E-state index is -0.248. The molecule has 22 heavy (non-hydrogen) atoms. The zero-order chi connectivity index (χ0) is 16.4. The van der Waals surface area contributed by atoms with E-state index in [0.29, 0.717) is 0 Å². The van der Waals surface area contributed by atoms with Crippen LogP contribution in [-0.4, -0.2) is 27.4 Å². The van der Waals surface area contributed by atoms with Crippen LogP contribution in [0.15, 0.2) is 30.3 Å². The van der Waals surface area contributed by atoms with Crippen LogP contribution in [0.4, 0.5) is 0 Å². The molecule has 3 nitrogen and oxygen atoms in total. The van der Waals surface area contributed by atoms with Crippen molar-refractivity contribution >= 4 is 0 Å². The molecule has 0 saturated carbocycles. The monoisotopic (exact) mass is 305 g/mol. The van der Waals surface area contributed by atoms with E-state index in [-0.39, 0.29) is 23.3 Å². The molecule has 0 aliphatic carbocycles. The van der Waals surface area contributed by atoms with E-state index in [1.54, 1.807) is 0 Å². The van der Waals surface area contributed by atoms with Gasteiger partial charge in [0, 0.05) is 11.1 Å². The summed E-state index contributed by atoms with van der Waals surface area (Å²) in [5.41, 5.74) is 0.919. The molecule has 1 heterocycles. The number of aliphatic hydroxyl groups is 1. The summed E-state index contributed by atoms with van der Waals surface area (Å²) in [6.45, 7) is 10.8. The van der Waals surface area contributed by atoms with Crippen molar-refractivity contribution in [3.8, 4) is 0 Å². The minimum Gasteiger partial charge on any atom is -0.393 e. The lowest BCUT2D eigenvalue weighted by molar-refractivity contribution is -0.323. The summed E-state index contributed by atoms with van der Waals surface area (Å²) < 4.78 is 0. The Kier molecular flexibility index (Phi) is 5.31. The molecule has 3 heteroatoms. The fourth-order valence-electron chi connectivity index (χ4n) is 3.92. The molecule has 1 aromatic carbocycles. The van der Waals surface area contributed by atoms with Crippen LogP contribution in [-0.2, 0) is 4.84 Å². The van der Waals surface area contributed by atoms with Crippen molar-refractivity contribution in [3.05, 3.63) is 35.9 Å². The topological polar surface area (TPSA) is 32.7 Å². The van der Waals surface area contributed by atoms with Crippen molar-refractivity contribution in [1.82, 2.24) is 5.06 Å². The van der Waals surface area contributed by atoms with E-state index >= 15 is 0 Å². The first-order chi connectivity index (χ1) is 10.3. The molecule has 2 unspecified atom stereocenters. The standard InChI is InChI=1S/C19H31NO2/c1-6-19(7-2)14-17(21)13-18(4,5)20(19)22-15(3)16-11-9-8-10-12-16/h8-12,15,17,21H,6-7,13-14H2,1-5H3. The van der Waals surface area contributed by atoms with Gasteiger partial charge >= 0.3 is 0 Å². The number of aliphatic hydroxyl groups excluding tert-OH is 1. The van der Waals surface area contributed by atoms with Crippen LogP contribution in [0.5, 0.6) is 0 Å². The first kappa shape index (κ1) is 17.5. The number of hydrogen-bond donors (Lipinski definition) is 1.